The van der Waals surface area contributed by atoms with Crippen LogP contribution in [0.15, 0.2) is 53.4 Å². The lowest BCUT2D eigenvalue weighted by Crippen LogP contribution is -2.44. The smallest absolute Gasteiger partial charge is 0.305 e. The van der Waals surface area contributed by atoms with Crippen LogP contribution in [0.5, 0.6) is 0 Å². The summed E-state index contributed by atoms with van der Waals surface area (Å²) in [5.41, 5.74) is 0.354. The van der Waals surface area contributed by atoms with E-state index in [9.17, 15) is 18.0 Å². The molecule has 1 aromatic heterocycles. The lowest BCUT2D eigenvalue weighted by molar-refractivity contribution is -0.170. The molecule has 1 aliphatic carbocycles. The molecule has 0 bridgehead atoms. The quantitative estimate of drug-likeness (QED) is 0.122. The Labute approximate surface area is 231 Å². The number of hydroxylamine groups is 1. The van der Waals surface area contributed by atoms with Crippen molar-refractivity contribution < 1.29 is 27.6 Å². The van der Waals surface area contributed by atoms with Gasteiger partial charge < -0.3 is 4.74 Å². The summed E-state index contributed by atoms with van der Waals surface area (Å²) in [6.07, 6.45) is 13.8. The molecule has 38 heavy (non-hydrogen) atoms. The average molecular weight is 567 g/mol. The number of sulfonamides is 1. The molecule has 1 aliphatic rings. The maximum absolute atomic E-state index is 13.5. The van der Waals surface area contributed by atoms with Gasteiger partial charge in [0.25, 0.3) is 0 Å². The van der Waals surface area contributed by atoms with E-state index < -0.39 is 20.9 Å². The third kappa shape index (κ3) is 10.8. The van der Waals surface area contributed by atoms with Gasteiger partial charge in [-0.1, -0.05) is 47.5 Å². The number of allylic oxidation sites excluding steroid dienone is 3. The normalized spacial score (nSPS) is 16.7. The third-order valence-electron chi connectivity index (χ3n) is 6.12. The van der Waals surface area contributed by atoms with E-state index >= 15 is 0 Å². The lowest BCUT2D eigenvalue weighted by Gasteiger charge is -2.32. The first-order chi connectivity index (χ1) is 18.0. The van der Waals surface area contributed by atoms with Crippen LogP contribution in [0.1, 0.15) is 71.3 Å². The van der Waals surface area contributed by atoms with Crippen molar-refractivity contribution in [3.8, 4) is 0 Å². The van der Waals surface area contributed by atoms with Gasteiger partial charge in [-0.2, -0.15) is 0 Å². The topological polar surface area (TPSA) is 103 Å². The van der Waals surface area contributed by atoms with Gasteiger partial charge in [-0.05, 0) is 76.2 Å². The van der Waals surface area contributed by atoms with E-state index in [4.69, 9.17) is 21.2 Å². The molecule has 210 valence electrons. The molecule has 8 nitrogen and oxygen atoms in total. The summed E-state index contributed by atoms with van der Waals surface area (Å²) in [5.74, 6) is 1.77. The first-order valence-corrected chi connectivity index (χ1v) is 14.8. The monoisotopic (exact) mass is 566 g/mol. The summed E-state index contributed by atoms with van der Waals surface area (Å²) in [5, 5.41) is -0.954. The first kappa shape index (κ1) is 31.9. The van der Waals surface area contributed by atoms with Gasteiger partial charge in [0.15, 0.2) is 0 Å². The predicted octanol–water partition coefficient (Wildman–Crippen LogP) is 5.33. The van der Waals surface area contributed by atoms with Gasteiger partial charge in [-0.15, -0.1) is 0 Å². The number of hydrogen-bond donors (Lipinski definition) is 0. The van der Waals surface area contributed by atoms with Crippen molar-refractivity contribution in [2.75, 3.05) is 13.7 Å². The molecule has 10 heteroatoms. The van der Waals surface area contributed by atoms with Crippen LogP contribution in [-0.2, 0) is 35.6 Å². The van der Waals surface area contributed by atoms with Crippen LogP contribution in [0.3, 0.4) is 0 Å². The van der Waals surface area contributed by atoms with Gasteiger partial charge >= 0.3 is 5.97 Å². The molecule has 0 radical (unpaired) electrons. The second kappa shape index (κ2) is 15.3. The molecule has 1 unspecified atom stereocenters. The van der Waals surface area contributed by atoms with Gasteiger partial charge in [0.1, 0.15) is 11.2 Å². The Hall–Kier alpha value is -2.29. The predicted molar refractivity (Wildman–Crippen MR) is 148 cm³/mol. The highest BCUT2D eigenvalue weighted by Crippen LogP contribution is 2.28. The lowest BCUT2D eigenvalue weighted by atomic mass is 9.91. The van der Waals surface area contributed by atoms with E-state index in [1.165, 1.54) is 30.9 Å². The molecule has 0 saturated heterocycles. The number of carbonyl (C=O) groups excluding carboxylic acids is 2. The Balaban J connectivity index is 2.01. The Kier molecular flexibility index (Phi) is 12.9. The van der Waals surface area contributed by atoms with E-state index in [0.717, 1.165) is 36.6 Å². The van der Waals surface area contributed by atoms with Crippen LogP contribution >= 0.6 is 11.6 Å². The summed E-state index contributed by atoms with van der Waals surface area (Å²) < 4.78 is 32.8. The SMILES string of the molecule is COC(=O)CC[C@@H](CCCCN(OC(C)(C)C)S(=O)(=O)C1C=CC(Cl)=CC1=C=O)CCCc1cccnc1. The van der Waals surface area contributed by atoms with Gasteiger partial charge in [-0.25, -0.2) is 13.2 Å². The fourth-order valence-electron chi connectivity index (χ4n) is 4.24. The minimum Gasteiger partial charge on any atom is -0.469 e. The van der Waals surface area contributed by atoms with Gasteiger partial charge in [0, 0.05) is 30.4 Å². The molecule has 2 atom stereocenters. The Morgan fingerprint density at radius 2 is 1.95 bits per heavy atom. The molecular formula is C28H39ClN2O6S. The largest absolute Gasteiger partial charge is 0.469 e. The summed E-state index contributed by atoms with van der Waals surface area (Å²) in [4.78, 5) is 33.2. The van der Waals surface area contributed by atoms with E-state index in [0.29, 0.717) is 25.2 Å². The molecule has 0 aliphatic heterocycles. The maximum Gasteiger partial charge on any atom is 0.305 e. The number of hydrogen-bond acceptors (Lipinski definition) is 7. The summed E-state index contributed by atoms with van der Waals surface area (Å²) >= 11 is 5.95. The Morgan fingerprint density at radius 3 is 2.58 bits per heavy atom. The van der Waals surface area contributed by atoms with Crippen LogP contribution in [0.25, 0.3) is 0 Å². The van der Waals surface area contributed by atoms with Crippen molar-refractivity contribution in [1.82, 2.24) is 9.45 Å². The second-order valence-electron chi connectivity index (χ2n) is 10.4. The zero-order valence-corrected chi connectivity index (χ0v) is 24.3. The number of ether oxygens (including phenoxy) is 1. The van der Waals surface area contributed by atoms with E-state index in [1.807, 2.05) is 12.3 Å². The number of halogens is 1. The zero-order chi connectivity index (χ0) is 28.2. The van der Waals surface area contributed by atoms with Crippen molar-refractivity contribution in [2.45, 2.75) is 83.0 Å². The first-order valence-electron chi connectivity index (χ1n) is 12.9. The molecule has 1 heterocycles. The minimum absolute atomic E-state index is 0.0588. The van der Waals surface area contributed by atoms with Crippen molar-refractivity contribution in [3.63, 3.8) is 0 Å². The van der Waals surface area contributed by atoms with E-state index in [-0.39, 0.29) is 23.1 Å². The number of aryl methyl sites for hydroxylation is 1. The highest BCUT2D eigenvalue weighted by Gasteiger charge is 2.37. The molecule has 0 spiro atoms. The minimum atomic E-state index is -4.06. The molecule has 2 rings (SSSR count). The standard InChI is InChI=1S/C28H39ClN2O6S/c1-28(2,3)37-31(38(34,35)26-15-14-25(29)19-24(26)21-32)18-6-5-9-22(13-16-27(33)36-4)10-7-11-23-12-8-17-30-20-23/h8,12,14-15,17,19-20,22,26H,5-7,9-11,13,16,18H2,1-4H3/t22-,26?/m0/s1. The number of unbranched alkanes of at least 4 members (excludes halogenated alkanes) is 1. The average Bonchev–Trinajstić information content (AvgIpc) is 2.87. The van der Waals surface area contributed by atoms with Crippen LogP contribution < -0.4 is 0 Å². The van der Waals surface area contributed by atoms with Crippen molar-refractivity contribution in [1.29, 1.82) is 0 Å². The van der Waals surface area contributed by atoms with Crippen LogP contribution in [0.2, 0.25) is 0 Å². The number of methoxy groups -OCH3 is 1. The molecule has 0 aromatic carbocycles. The summed E-state index contributed by atoms with van der Waals surface area (Å²) in [6.45, 7) is 5.44. The number of nitrogens with zero attached hydrogens (tertiary/aromatic N) is 2. The highest BCUT2D eigenvalue weighted by atomic mass is 35.5. The highest BCUT2D eigenvalue weighted by molar-refractivity contribution is 7.90. The van der Waals surface area contributed by atoms with Gasteiger partial charge in [0.2, 0.25) is 10.0 Å². The second-order valence-corrected chi connectivity index (χ2v) is 12.8. The third-order valence-corrected chi connectivity index (χ3v) is 8.23. The van der Waals surface area contributed by atoms with Crippen LogP contribution in [0.4, 0.5) is 0 Å². The van der Waals surface area contributed by atoms with Gasteiger partial charge in [0.05, 0.1) is 18.3 Å². The fraction of sp³-hybridized carbons (Fsp3) is 0.571. The number of rotatable bonds is 15. The van der Waals surface area contributed by atoms with Crippen molar-refractivity contribution in [2.24, 2.45) is 5.92 Å². The van der Waals surface area contributed by atoms with Crippen LogP contribution in [-0.4, -0.2) is 54.3 Å². The number of aromatic nitrogens is 1. The zero-order valence-electron chi connectivity index (χ0n) is 22.7. The molecule has 0 amide bonds. The molecular weight excluding hydrogens is 528 g/mol. The summed E-state index contributed by atoms with van der Waals surface area (Å²) in [6, 6.07) is 3.97. The Bertz CT molecular complexity index is 1120. The molecule has 1 aromatic rings. The van der Waals surface area contributed by atoms with Gasteiger partial charge in [-0.3, -0.25) is 14.6 Å². The Morgan fingerprint density at radius 1 is 1.21 bits per heavy atom. The molecule has 0 fully saturated rings. The number of pyridine rings is 1. The van der Waals surface area contributed by atoms with Crippen molar-refractivity contribution in [3.05, 3.63) is 58.9 Å². The van der Waals surface area contributed by atoms with E-state index in [2.05, 4.69) is 11.1 Å². The fourth-order valence-corrected chi connectivity index (χ4v) is 6.11. The van der Waals surface area contributed by atoms with Crippen LogP contribution in [0, 0.1) is 5.92 Å². The van der Waals surface area contributed by atoms with Crippen molar-refractivity contribution >= 4 is 33.5 Å². The maximum atomic E-state index is 13.5. The summed E-state index contributed by atoms with van der Waals surface area (Å²) in [7, 11) is -2.67. The molecule has 0 saturated carbocycles. The number of esters is 1. The van der Waals surface area contributed by atoms with E-state index in [1.54, 1.807) is 32.9 Å². The number of carbonyl (C=O) groups is 1. The molecule has 0 N–H and O–H groups in total.